The summed E-state index contributed by atoms with van der Waals surface area (Å²) >= 11 is 3.08. The fourth-order valence-electron chi connectivity index (χ4n) is 1.91. The molecule has 1 aromatic carbocycles. The van der Waals surface area contributed by atoms with Gasteiger partial charge in [0.1, 0.15) is 0 Å². The summed E-state index contributed by atoms with van der Waals surface area (Å²) in [6.07, 6.45) is -0.240. The van der Waals surface area contributed by atoms with Crippen LogP contribution in [0.5, 0.6) is 0 Å². The first-order valence-corrected chi connectivity index (χ1v) is 7.76. The van der Waals surface area contributed by atoms with E-state index in [0.717, 1.165) is 0 Å². The molecule has 19 heavy (non-hydrogen) atoms. The molecule has 0 amide bonds. The molecule has 0 unspecified atom stereocenters. The highest BCUT2D eigenvalue weighted by molar-refractivity contribution is 9.10. The normalized spacial score (nSPS) is 20.6. The van der Waals surface area contributed by atoms with Crippen LogP contribution in [0, 0.1) is 0 Å². The fraction of sp³-hybridized carbons (Fsp3) is 0.364. The van der Waals surface area contributed by atoms with Gasteiger partial charge in [-0.3, -0.25) is 0 Å². The predicted octanol–water partition coefficient (Wildman–Crippen LogP) is 0.903. The number of aromatic carboxylic acids is 1. The van der Waals surface area contributed by atoms with Crippen LogP contribution in [-0.2, 0) is 10.0 Å². The van der Waals surface area contributed by atoms with E-state index in [4.69, 9.17) is 5.11 Å². The highest BCUT2D eigenvalue weighted by atomic mass is 79.9. The molecular weight excluding hydrogens is 338 g/mol. The average molecular weight is 350 g/mol. The lowest BCUT2D eigenvalue weighted by Gasteiger charge is -2.16. The van der Waals surface area contributed by atoms with Crippen molar-refractivity contribution in [1.29, 1.82) is 0 Å². The van der Waals surface area contributed by atoms with Gasteiger partial charge in [0.25, 0.3) is 0 Å². The summed E-state index contributed by atoms with van der Waals surface area (Å²) in [4.78, 5) is 10.8. The number of hydrogen-bond donors (Lipinski definition) is 2. The number of carboxylic acids is 1. The number of hydrogen-bond acceptors (Lipinski definition) is 4. The Bertz CT molecular complexity index is 616. The molecule has 104 valence electrons. The van der Waals surface area contributed by atoms with E-state index in [1.165, 1.54) is 22.5 Å². The Balaban J connectivity index is 2.38. The van der Waals surface area contributed by atoms with Gasteiger partial charge in [0.15, 0.2) is 0 Å². The summed E-state index contributed by atoms with van der Waals surface area (Å²) in [5.74, 6) is -1.12. The lowest BCUT2D eigenvalue weighted by Crippen LogP contribution is -2.30. The molecule has 0 aromatic heterocycles. The number of halogens is 1. The van der Waals surface area contributed by atoms with Gasteiger partial charge in [-0.05, 0) is 40.5 Å². The molecule has 2 rings (SSSR count). The van der Waals surface area contributed by atoms with E-state index < -0.39 is 22.1 Å². The van der Waals surface area contributed by atoms with Gasteiger partial charge in [-0.25, -0.2) is 13.2 Å². The van der Waals surface area contributed by atoms with Crippen molar-refractivity contribution in [1.82, 2.24) is 4.31 Å². The first-order valence-electron chi connectivity index (χ1n) is 5.53. The monoisotopic (exact) mass is 349 g/mol. The summed E-state index contributed by atoms with van der Waals surface area (Å²) in [6, 6.07) is 3.75. The summed E-state index contributed by atoms with van der Waals surface area (Å²) in [5, 5.41) is 18.2. The minimum Gasteiger partial charge on any atom is -0.478 e. The Morgan fingerprint density at radius 3 is 2.58 bits per heavy atom. The molecule has 8 heteroatoms. The summed E-state index contributed by atoms with van der Waals surface area (Å²) < 4.78 is 26.0. The Morgan fingerprint density at radius 1 is 1.42 bits per heavy atom. The fourth-order valence-corrected chi connectivity index (χ4v) is 4.44. The van der Waals surface area contributed by atoms with E-state index in [2.05, 4.69) is 15.9 Å². The number of carbonyl (C=O) groups is 1. The Hall–Kier alpha value is -0.960. The van der Waals surface area contributed by atoms with Gasteiger partial charge < -0.3 is 10.2 Å². The molecule has 0 radical (unpaired) electrons. The van der Waals surface area contributed by atoms with Gasteiger partial charge >= 0.3 is 5.97 Å². The quantitative estimate of drug-likeness (QED) is 0.845. The lowest BCUT2D eigenvalue weighted by atomic mass is 10.2. The highest BCUT2D eigenvalue weighted by Crippen LogP contribution is 2.28. The molecular formula is C11H12BrNO5S. The number of carboxylic acid groups (broad SMARTS) is 1. The van der Waals surface area contributed by atoms with Crippen molar-refractivity contribution in [3.05, 3.63) is 28.2 Å². The smallest absolute Gasteiger partial charge is 0.335 e. The predicted molar refractivity (Wildman–Crippen MR) is 70.5 cm³/mol. The van der Waals surface area contributed by atoms with Gasteiger partial charge in [-0.15, -0.1) is 0 Å². The molecule has 1 saturated heterocycles. The van der Waals surface area contributed by atoms with E-state index >= 15 is 0 Å². The first kappa shape index (κ1) is 14.4. The average Bonchev–Trinajstić information content (AvgIpc) is 2.76. The summed E-state index contributed by atoms with van der Waals surface area (Å²) in [5.41, 5.74) is 0.00674. The number of rotatable bonds is 3. The van der Waals surface area contributed by atoms with Crippen LogP contribution in [0.25, 0.3) is 0 Å². The van der Waals surface area contributed by atoms with Crippen molar-refractivity contribution in [3.8, 4) is 0 Å². The van der Waals surface area contributed by atoms with Crippen molar-refractivity contribution in [3.63, 3.8) is 0 Å². The van der Waals surface area contributed by atoms with E-state index in [-0.39, 0.29) is 28.0 Å². The summed E-state index contributed by atoms with van der Waals surface area (Å²) in [6.45, 7) is 0.325. The third-order valence-corrected chi connectivity index (χ3v) is 5.76. The third-order valence-electron chi connectivity index (χ3n) is 2.92. The van der Waals surface area contributed by atoms with Crippen LogP contribution < -0.4 is 0 Å². The second-order valence-electron chi connectivity index (χ2n) is 4.26. The number of nitrogens with zero attached hydrogens (tertiary/aromatic N) is 1. The van der Waals surface area contributed by atoms with Gasteiger partial charge in [0.05, 0.1) is 16.6 Å². The number of β-amino-alcohol motifs (C(OH)–C–C–N with tert-alkyl or cyclic N) is 1. The number of sulfonamides is 1. The molecule has 0 bridgehead atoms. The number of aliphatic hydroxyl groups excluding tert-OH is 1. The molecule has 0 aliphatic carbocycles. The van der Waals surface area contributed by atoms with Gasteiger partial charge in [0, 0.05) is 17.6 Å². The second kappa shape index (κ2) is 5.20. The van der Waals surface area contributed by atoms with Crippen LogP contribution in [-0.4, -0.2) is 48.1 Å². The van der Waals surface area contributed by atoms with Gasteiger partial charge in [-0.1, -0.05) is 0 Å². The van der Waals surface area contributed by atoms with Crippen molar-refractivity contribution in [2.75, 3.05) is 13.1 Å². The van der Waals surface area contributed by atoms with Crippen LogP contribution in [0.3, 0.4) is 0 Å². The van der Waals surface area contributed by atoms with Crippen molar-refractivity contribution in [2.24, 2.45) is 0 Å². The molecule has 1 aromatic rings. The molecule has 1 heterocycles. The molecule has 1 atom stereocenters. The molecule has 6 nitrogen and oxygen atoms in total. The zero-order chi connectivity index (χ0) is 14.2. The molecule has 0 saturated carbocycles. The Labute approximate surface area is 118 Å². The lowest BCUT2D eigenvalue weighted by molar-refractivity contribution is 0.0696. The SMILES string of the molecule is O=C(O)c1ccc(S(=O)(=O)N2CC[C@@H](O)C2)c(Br)c1. The molecule has 2 N–H and O–H groups in total. The topological polar surface area (TPSA) is 94.9 Å². The largest absolute Gasteiger partial charge is 0.478 e. The van der Waals surface area contributed by atoms with Crippen LogP contribution in [0.15, 0.2) is 27.6 Å². The molecule has 1 aliphatic heterocycles. The number of benzene rings is 1. The van der Waals surface area contributed by atoms with Crippen LogP contribution >= 0.6 is 15.9 Å². The second-order valence-corrected chi connectivity index (χ2v) is 7.02. The molecule has 1 aliphatic rings. The molecule has 0 spiro atoms. The minimum absolute atomic E-state index is 0.00611. The standard InChI is InChI=1S/C11H12BrNO5S/c12-9-5-7(11(15)16)1-2-10(9)19(17,18)13-4-3-8(14)6-13/h1-2,5,8,14H,3-4,6H2,(H,15,16)/t8-/m1/s1. The number of aliphatic hydroxyl groups is 1. The Kier molecular flexibility index (Phi) is 3.95. The van der Waals surface area contributed by atoms with Gasteiger partial charge in [-0.2, -0.15) is 4.31 Å². The van der Waals surface area contributed by atoms with Crippen molar-refractivity contribution >= 4 is 31.9 Å². The summed E-state index contributed by atoms with van der Waals surface area (Å²) in [7, 11) is -3.71. The van der Waals surface area contributed by atoms with E-state index in [1.807, 2.05) is 0 Å². The van der Waals surface area contributed by atoms with Crippen LogP contribution in [0.1, 0.15) is 16.8 Å². The van der Waals surface area contributed by atoms with E-state index in [9.17, 15) is 18.3 Å². The Morgan fingerprint density at radius 2 is 2.11 bits per heavy atom. The zero-order valence-corrected chi connectivity index (χ0v) is 12.2. The third kappa shape index (κ3) is 2.81. The maximum atomic E-state index is 12.3. The maximum Gasteiger partial charge on any atom is 0.335 e. The zero-order valence-electron chi connectivity index (χ0n) is 9.78. The van der Waals surface area contributed by atoms with E-state index in [0.29, 0.717) is 6.42 Å². The maximum absolute atomic E-state index is 12.3. The van der Waals surface area contributed by atoms with Crippen molar-refractivity contribution < 1.29 is 23.4 Å². The molecule has 1 fully saturated rings. The highest BCUT2D eigenvalue weighted by Gasteiger charge is 2.32. The first-order chi connectivity index (χ1) is 8.82. The van der Waals surface area contributed by atoms with Gasteiger partial charge in [0.2, 0.25) is 10.0 Å². The van der Waals surface area contributed by atoms with Crippen molar-refractivity contribution in [2.45, 2.75) is 17.4 Å². The van der Waals surface area contributed by atoms with Crippen LogP contribution in [0.4, 0.5) is 0 Å². The minimum atomic E-state index is -3.71. The van der Waals surface area contributed by atoms with E-state index in [1.54, 1.807) is 0 Å². The van der Waals surface area contributed by atoms with Crippen LogP contribution in [0.2, 0.25) is 0 Å².